The highest BCUT2D eigenvalue weighted by Crippen LogP contribution is 2.17. The summed E-state index contributed by atoms with van der Waals surface area (Å²) in [5.41, 5.74) is 7.94. The average molecular weight is 242 g/mol. The Labute approximate surface area is 107 Å². The molecule has 4 nitrogen and oxygen atoms in total. The molecule has 0 saturated heterocycles. The maximum atomic E-state index is 5.98. The van der Waals surface area contributed by atoms with Crippen LogP contribution >= 0.6 is 0 Å². The van der Waals surface area contributed by atoms with Gasteiger partial charge in [-0.05, 0) is 24.1 Å². The summed E-state index contributed by atoms with van der Waals surface area (Å²) in [4.78, 5) is 10.5. The van der Waals surface area contributed by atoms with Crippen molar-refractivity contribution in [1.82, 2.24) is 9.97 Å². The van der Waals surface area contributed by atoms with Gasteiger partial charge in [-0.2, -0.15) is 0 Å². The van der Waals surface area contributed by atoms with E-state index in [0.717, 1.165) is 36.6 Å². The van der Waals surface area contributed by atoms with Crippen molar-refractivity contribution in [2.75, 3.05) is 17.2 Å². The summed E-state index contributed by atoms with van der Waals surface area (Å²) in [6, 6.07) is 9.87. The Balaban J connectivity index is 2.19. The second-order valence-electron chi connectivity index (χ2n) is 4.19. The molecule has 0 aliphatic heterocycles. The summed E-state index contributed by atoms with van der Waals surface area (Å²) in [5.74, 6) is 0.940. The molecule has 18 heavy (non-hydrogen) atoms. The van der Waals surface area contributed by atoms with Gasteiger partial charge in [0, 0.05) is 25.0 Å². The predicted molar refractivity (Wildman–Crippen MR) is 74.2 cm³/mol. The number of anilines is 2. The molecule has 2 N–H and O–H groups in total. The lowest BCUT2D eigenvalue weighted by Gasteiger charge is -2.23. The van der Waals surface area contributed by atoms with Crippen LogP contribution in [0.1, 0.15) is 18.9 Å². The standard InChI is InChI=1S/C14H18N4/c1-2-9-18(14-7-8-16-11-17-14)10-12-5-3-4-6-13(12)15/h3-8,11H,2,9-10,15H2,1H3. The van der Waals surface area contributed by atoms with Crippen LogP contribution in [0.5, 0.6) is 0 Å². The molecule has 0 radical (unpaired) electrons. The first-order valence-corrected chi connectivity index (χ1v) is 6.15. The highest BCUT2D eigenvalue weighted by atomic mass is 15.2. The van der Waals surface area contributed by atoms with Gasteiger partial charge in [0.05, 0.1) is 0 Å². The molecule has 0 amide bonds. The van der Waals surface area contributed by atoms with E-state index < -0.39 is 0 Å². The largest absolute Gasteiger partial charge is 0.398 e. The Morgan fingerprint density at radius 3 is 2.72 bits per heavy atom. The molecule has 1 aromatic heterocycles. The van der Waals surface area contributed by atoms with E-state index in [-0.39, 0.29) is 0 Å². The van der Waals surface area contributed by atoms with Gasteiger partial charge in [0.15, 0.2) is 0 Å². The van der Waals surface area contributed by atoms with Crippen LogP contribution in [0.15, 0.2) is 42.9 Å². The first-order valence-electron chi connectivity index (χ1n) is 6.15. The molecule has 1 heterocycles. The maximum Gasteiger partial charge on any atom is 0.132 e. The quantitative estimate of drug-likeness (QED) is 0.818. The second kappa shape index (κ2) is 6.00. The number of nitrogens with zero attached hydrogens (tertiary/aromatic N) is 3. The molecular weight excluding hydrogens is 224 g/mol. The first-order chi connectivity index (χ1) is 8.81. The van der Waals surface area contributed by atoms with Crippen molar-refractivity contribution in [3.05, 3.63) is 48.4 Å². The van der Waals surface area contributed by atoms with Crippen molar-refractivity contribution in [1.29, 1.82) is 0 Å². The summed E-state index contributed by atoms with van der Waals surface area (Å²) in [6.45, 7) is 3.88. The lowest BCUT2D eigenvalue weighted by Crippen LogP contribution is -2.24. The van der Waals surface area contributed by atoms with Crippen LogP contribution < -0.4 is 10.6 Å². The van der Waals surface area contributed by atoms with Gasteiger partial charge >= 0.3 is 0 Å². The molecule has 0 saturated carbocycles. The predicted octanol–water partition coefficient (Wildman–Crippen LogP) is 2.48. The Morgan fingerprint density at radius 1 is 1.22 bits per heavy atom. The number of hydrogen-bond acceptors (Lipinski definition) is 4. The van der Waals surface area contributed by atoms with E-state index in [1.165, 1.54) is 0 Å². The minimum atomic E-state index is 0.775. The topological polar surface area (TPSA) is 55.0 Å². The summed E-state index contributed by atoms with van der Waals surface area (Å²) in [6.07, 6.45) is 4.41. The van der Waals surface area contributed by atoms with Crippen molar-refractivity contribution >= 4 is 11.5 Å². The highest BCUT2D eigenvalue weighted by molar-refractivity contribution is 5.49. The van der Waals surface area contributed by atoms with E-state index >= 15 is 0 Å². The monoisotopic (exact) mass is 242 g/mol. The number of para-hydroxylation sites is 1. The minimum absolute atomic E-state index is 0.775. The molecule has 0 fully saturated rings. The summed E-state index contributed by atoms with van der Waals surface area (Å²) in [7, 11) is 0. The van der Waals surface area contributed by atoms with E-state index in [0.29, 0.717) is 0 Å². The van der Waals surface area contributed by atoms with Crippen LogP contribution in [0.3, 0.4) is 0 Å². The van der Waals surface area contributed by atoms with Crippen molar-refractivity contribution in [2.24, 2.45) is 0 Å². The Hall–Kier alpha value is -2.10. The molecule has 0 aliphatic rings. The van der Waals surface area contributed by atoms with Crippen molar-refractivity contribution in [2.45, 2.75) is 19.9 Å². The van der Waals surface area contributed by atoms with Crippen molar-refractivity contribution in [3.8, 4) is 0 Å². The van der Waals surface area contributed by atoms with Gasteiger partial charge in [-0.25, -0.2) is 9.97 Å². The zero-order chi connectivity index (χ0) is 12.8. The van der Waals surface area contributed by atoms with Crippen LogP contribution in [0, 0.1) is 0 Å². The highest BCUT2D eigenvalue weighted by Gasteiger charge is 2.08. The number of aromatic nitrogens is 2. The van der Waals surface area contributed by atoms with E-state index in [4.69, 9.17) is 5.73 Å². The van der Waals surface area contributed by atoms with Gasteiger partial charge in [0.1, 0.15) is 12.1 Å². The van der Waals surface area contributed by atoms with Crippen LogP contribution in [0.2, 0.25) is 0 Å². The fraction of sp³-hybridized carbons (Fsp3) is 0.286. The maximum absolute atomic E-state index is 5.98. The van der Waals surface area contributed by atoms with E-state index in [9.17, 15) is 0 Å². The number of benzene rings is 1. The summed E-state index contributed by atoms with van der Waals surface area (Å²) in [5, 5.41) is 0. The Kier molecular flexibility index (Phi) is 4.12. The molecule has 4 heteroatoms. The molecule has 2 rings (SSSR count). The SMILES string of the molecule is CCCN(Cc1ccccc1N)c1ccncn1. The Morgan fingerprint density at radius 2 is 2.06 bits per heavy atom. The normalized spacial score (nSPS) is 10.3. The molecule has 0 spiro atoms. The molecule has 0 atom stereocenters. The average Bonchev–Trinajstić information content (AvgIpc) is 2.42. The molecule has 1 aromatic carbocycles. The fourth-order valence-electron chi connectivity index (χ4n) is 1.90. The molecule has 0 unspecified atom stereocenters. The van der Waals surface area contributed by atoms with Gasteiger partial charge in [-0.15, -0.1) is 0 Å². The van der Waals surface area contributed by atoms with Crippen LogP contribution in [0.4, 0.5) is 11.5 Å². The summed E-state index contributed by atoms with van der Waals surface area (Å²) < 4.78 is 0. The molecule has 0 bridgehead atoms. The van der Waals surface area contributed by atoms with Gasteiger partial charge in [-0.3, -0.25) is 0 Å². The second-order valence-corrected chi connectivity index (χ2v) is 4.19. The third-order valence-electron chi connectivity index (χ3n) is 2.80. The zero-order valence-corrected chi connectivity index (χ0v) is 10.6. The number of nitrogen functional groups attached to an aromatic ring is 1. The Bertz CT molecular complexity index is 484. The number of rotatable bonds is 5. The molecule has 0 aliphatic carbocycles. The minimum Gasteiger partial charge on any atom is -0.398 e. The third-order valence-corrected chi connectivity index (χ3v) is 2.80. The molecule has 2 aromatic rings. The smallest absolute Gasteiger partial charge is 0.132 e. The summed E-state index contributed by atoms with van der Waals surface area (Å²) >= 11 is 0. The van der Waals surface area contributed by atoms with E-state index in [1.54, 1.807) is 12.5 Å². The molecule has 94 valence electrons. The van der Waals surface area contributed by atoms with Crippen LogP contribution in [-0.2, 0) is 6.54 Å². The lowest BCUT2D eigenvalue weighted by atomic mass is 10.1. The zero-order valence-electron chi connectivity index (χ0n) is 10.6. The van der Waals surface area contributed by atoms with Crippen LogP contribution in [-0.4, -0.2) is 16.5 Å². The number of hydrogen-bond donors (Lipinski definition) is 1. The van der Waals surface area contributed by atoms with E-state index in [2.05, 4.69) is 27.9 Å². The van der Waals surface area contributed by atoms with Crippen LogP contribution in [0.25, 0.3) is 0 Å². The van der Waals surface area contributed by atoms with Gasteiger partial charge < -0.3 is 10.6 Å². The van der Waals surface area contributed by atoms with Crippen molar-refractivity contribution < 1.29 is 0 Å². The van der Waals surface area contributed by atoms with E-state index in [1.807, 2.05) is 24.3 Å². The number of nitrogens with two attached hydrogens (primary N) is 1. The van der Waals surface area contributed by atoms with Gasteiger partial charge in [0.25, 0.3) is 0 Å². The fourth-order valence-corrected chi connectivity index (χ4v) is 1.90. The van der Waals surface area contributed by atoms with Crippen molar-refractivity contribution in [3.63, 3.8) is 0 Å². The third kappa shape index (κ3) is 2.97. The van der Waals surface area contributed by atoms with Gasteiger partial charge in [0.2, 0.25) is 0 Å². The molecular formula is C14H18N4. The first kappa shape index (κ1) is 12.4. The lowest BCUT2D eigenvalue weighted by molar-refractivity contribution is 0.753. The van der Waals surface area contributed by atoms with Gasteiger partial charge in [-0.1, -0.05) is 25.1 Å².